The minimum absolute atomic E-state index is 0.0498. The number of hydrogen-bond acceptors (Lipinski definition) is 5. The molecule has 1 unspecified atom stereocenters. The van der Waals surface area contributed by atoms with E-state index in [4.69, 9.17) is 4.74 Å². The van der Waals surface area contributed by atoms with Gasteiger partial charge in [0.25, 0.3) is 0 Å². The van der Waals surface area contributed by atoms with Crippen LogP contribution in [0.4, 0.5) is 0 Å². The van der Waals surface area contributed by atoms with Gasteiger partial charge in [0.1, 0.15) is 9.84 Å². The molecular weight excluding hydrogens is 346 g/mol. The Morgan fingerprint density at radius 3 is 2.58 bits per heavy atom. The third-order valence-electron chi connectivity index (χ3n) is 3.00. The molecule has 0 aromatic heterocycles. The number of nitrogens with zero attached hydrogens (tertiary/aromatic N) is 1. The van der Waals surface area contributed by atoms with E-state index < -0.39 is 9.84 Å². The fourth-order valence-corrected chi connectivity index (χ4v) is 3.15. The fraction of sp³-hybridized carbons (Fsp3) is 0.562. The van der Waals surface area contributed by atoms with Crippen molar-refractivity contribution in [3.63, 3.8) is 0 Å². The number of nitrogens with one attached hydrogen (secondary N) is 2. The summed E-state index contributed by atoms with van der Waals surface area (Å²) in [6.45, 7) is 4.17. The molecule has 0 fully saturated rings. The van der Waals surface area contributed by atoms with Gasteiger partial charge in [-0.2, -0.15) is 0 Å². The second-order valence-corrected chi connectivity index (χ2v) is 9.14. The monoisotopic (exact) mass is 373 g/mol. The van der Waals surface area contributed by atoms with Crippen molar-refractivity contribution in [2.75, 3.05) is 45.4 Å². The van der Waals surface area contributed by atoms with Gasteiger partial charge < -0.3 is 15.4 Å². The van der Waals surface area contributed by atoms with E-state index in [1.807, 2.05) is 18.2 Å². The molecule has 0 saturated heterocycles. The first kappa shape index (κ1) is 20.8. The Kier molecular flexibility index (Phi) is 9.82. The first-order valence-corrected chi connectivity index (χ1v) is 10.8. The molecule has 136 valence electrons. The molecule has 1 aromatic rings. The van der Waals surface area contributed by atoms with Crippen LogP contribution in [-0.2, 0) is 14.6 Å². The van der Waals surface area contributed by atoms with Crippen LogP contribution in [0.2, 0.25) is 0 Å². The topological polar surface area (TPSA) is 79.8 Å². The smallest absolute Gasteiger partial charge is 0.191 e. The second-order valence-electron chi connectivity index (χ2n) is 5.36. The highest BCUT2D eigenvalue weighted by atomic mass is 32.2. The molecule has 8 heteroatoms. The first-order chi connectivity index (χ1) is 11.4. The summed E-state index contributed by atoms with van der Waals surface area (Å²) in [5.41, 5.74) is 0. The van der Waals surface area contributed by atoms with Crippen LogP contribution in [0.25, 0.3) is 0 Å². The van der Waals surface area contributed by atoms with E-state index in [-0.39, 0.29) is 12.4 Å². The van der Waals surface area contributed by atoms with Crippen LogP contribution in [0.5, 0.6) is 0 Å². The van der Waals surface area contributed by atoms with Gasteiger partial charge in [-0.15, -0.1) is 11.8 Å². The Bertz CT molecular complexity index is 592. The van der Waals surface area contributed by atoms with E-state index >= 15 is 0 Å². The van der Waals surface area contributed by atoms with Gasteiger partial charge in [-0.3, -0.25) is 4.99 Å². The molecule has 1 rings (SSSR count). The molecule has 24 heavy (non-hydrogen) atoms. The molecule has 0 amide bonds. The highest BCUT2D eigenvalue weighted by Gasteiger charge is 2.06. The minimum atomic E-state index is -2.96. The molecule has 6 nitrogen and oxygen atoms in total. The fourth-order valence-electron chi connectivity index (χ4n) is 1.79. The summed E-state index contributed by atoms with van der Waals surface area (Å²) < 4.78 is 27.2. The number of sulfone groups is 1. The van der Waals surface area contributed by atoms with Crippen LogP contribution < -0.4 is 10.6 Å². The van der Waals surface area contributed by atoms with E-state index in [0.29, 0.717) is 24.4 Å². The molecule has 2 N–H and O–H groups in total. The summed E-state index contributed by atoms with van der Waals surface area (Å²) in [5.74, 6) is 0.760. The van der Waals surface area contributed by atoms with Crippen LogP contribution in [0.3, 0.4) is 0 Å². The second kappa shape index (κ2) is 11.3. The minimum Gasteiger partial charge on any atom is -0.379 e. The number of thioether (sulfide) groups is 1. The van der Waals surface area contributed by atoms with Crippen LogP contribution in [0.15, 0.2) is 40.2 Å². The van der Waals surface area contributed by atoms with E-state index in [0.717, 1.165) is 6.54 Å². The van der Waals surface area contributed by atoms with Gasteiger partial charge in [-0.05, 0) is 12.1 Å². The van der Waals surface area contributed by atoms with Gasteiger partial charge in [0.05, 0.1) is 19.0 Å². The Hall–Kier alpha value is -1.25. The standard InChI is InChI=1S/C16H27N3O3S2/c1-14(23-15-7-5-4-6-8-15)13-19-16(17-2)18-9-10-22-11-12-24(3,20)21/h4-8,14H,9-13H2,1-3H3,(H2,17,18,19). The maximum absolute atomic E-state index is 11.0. The van der Waals surface area contributed by atoms with Crippen LogP contribution in [0.1, 0.15) is 6.92 Å². The lowest BCUT2D eigenvalue weighted by Gasteiger charge is -2.16. The predicted octanol–water partition coefficient (Wildman–Crippen LogP) is 1.39. The number of ether oxygens (including phenoxy) is 1. The number of hydrogen-bond donors (Lipinski definition) is 2. The number of benzene rings is 1. The van der Waals surface area contributed by atoms with Gasteiger partial charge in [-0.1, -0.05) is 25.1 Å². The van der Waals surface area contributed by atoms with Crippen molar-refractivity contribution in [3.05, 3.63) is 30.3 Å². The average Bonchev–Trinajstić information content (AvgIpc) is 2.53. The molecule has 0 aliphatic rings. The molecule has 1 aromatic carbocycles. The molecule has 0 heterocycles. The molecule has 1 atom stereocenters. The van der Waals surface area contributed by atoms with E-state index in [1.165, 1.54) is 11.2 Å². The molecule has 0 spiro atoms. The van der Waals surface area contributed by atoms with Crippen molar-refractivity contribution in [2.45, 2.75) is 17.1 Å². The van der Waals surface area contributed by atoms with Crippen molar-refractivity contribution in [1.29, 1.82) is 0 Å². The number of guanidine groups is 1. The average molecular weight is 374 g/mol. The zero-order valence-corrected chi connectivity index (χ0v) is 16.1. The maximum atomic E-state index is 11.0. The summed E-state index contributed by atoms with van der Waals surface area (Å²) in [7, 11) is -1.24. The summed E-state index contributed by atoms with van der Waals surface area (Å²) in [6, 6.07) is 10.3. The highest BCUT2D eigenvalue weighted by Crippen LogP contribution is 2.21. The quantitative estimate of drug-likeness (QED) is 0.279. The lowest BCUT2D eigenvalue weighted by Crippen LogP contribution is -2.41. The largest absolute Gasteiger partial charge is 0.379 e. The SMILES string of the molecule is CN=C(NCCOCCS(C)(=O)=O)NCC(C)Sc1ccccc1. The highest BCUT2D eigenvalue weighted by molar-refractivity contribution is 8.00. The van der Waals surface area contributed by atoms with Gasteiger partial charge >= 0.3 is 0 Å². The van der Waals surface area contributed by atoms with E-state index in [2.05, 4.69) is 34.7 Å². The van der Waals surface area contributed by atoms with Crippen molar-refractivity contribution in [2.24, 2.45) is 4.99 Å². The predicted molar refractivity (Wildman–Crippen MR) is 102 cm³/mol. The van der Waals surface area contributed by atoms with Gasteiger partial charge in [0.2, 0.25) is 0 Å². The van der Waals surface area contributed by atoms with Crippen LogP contribution in [0, 0.1) is 0 Å². The van der Waals surface area contributed by atoms with Crippen molar-refractivity contribution >= 4 is 27.6 Å². The Balaban J connectivity index is 2.16. The maximum Gasteiger partial charge on any atom is 0.191 e. The molecule has 0 bridgehead atoms. The number of rotatable bonds is 10. The normalized spacial score (nSPS) is 13.5. The molecule has 0 aliphatic heterocycles. The zero-order valence-electron chi connectivity index (χ0n) is 14.5. The molecule has 0 saturated carbocycles. The van der Waals surface area contributed by atoms with Crippen LogP contribution in [-0.4, -0.2) is 65.0 Å². The number of aliphatic imine (C=N–C) groups is 1. The third-order valence-corrected chi connectivity index (χ3v) is 5.02. The Labute approximate surface area is 149 Å². The Morgan fingerprint density at radius 1 is 1.25 bits per heavy atom. The molecule has 0 aliphatic carbocycles. The van der Waals surface area contributed by atoms with Crippen molar-refractivity contribution < 1.29 is 13.2 Å². The summed E-state index contributed by atoms with van der Waals surface area (Å²) >= 11 is 1.81. The Morgan fingerprint density at radius 2 is 1.96 bits per heavy atom. The molecular formula is C16H27N3O3S2. The lowest BCUT2D eigenvalue weighted by molar-refractivity contribution is 0.154. The van der Waals surface area contributed by atoms with Crippen LogP contribution >= 0.6 is 11.8 Å². The van der Waals surface area contributed by atoms with Gasteiger partial charge in [-0.25, -0.2) is 8.42 Å². The lowest BCUT2D eigenvalue weighted by atomic mass is 10.4. The van der Waals surface area contributed by atoms with Crippen molar-refractivity contribution in [3.8, 4) is 0 Å². The van der Waals surface area contributed by atoms with Gasteiger partial charge in [0, 0.05) is 36.5 Å². The third kappa shape index (κ3) is 10.5. The van der Waals surface area contributed by atoms with E-state index in [9.17, 15) is 8.42 Å². The van der Waals surface area contributed by atoms with Crippen molar-refractivity contribution in [1.82, 2.24) is 10.6 Å². The van der Waals surface area contributed by atoms with Gasteiger partial charge in [0.15, 0.2) is 5.96 Å². The summed E-state index contributed by atoms with van der Waals surface area (Å²) in [4.78, 5) is 5.40. The molecule has 0 radical (unpaired) electrons. The summed E-state index contributed by atoms with van der Waals surface area (Å²) in [5, 5.41) is 6.81. The van der Waals surface area contributed by atoms with E-state index in [1.54, 1.807) is 18.8 Å². The zero-order chi connectivity index (χ0) is 17.8. The first-order valence-electron chi connectivity index (χ1n) is 7.82. The summed E-state index contributed by atoms with van der Waals surface area (Å²) in [6.07, 6.45) is 1.20.